The zero-order valence-electron chi connectivity index (χ0n) is 16.9. The SMILES string of the molecule is Cc1ccc(-c2nnc(SCc3nc(N)nc(Nc4ccccc4C)n3)o2)cc1C. The van der Waals surface area contributed by atoms with Crippen LogP contribution < -0.4 is 11.1 Å². The Labute approximate surface area is 178 Å². The largest absolute Gasteiger partial charge is 0.411 e. The summed E-state index contributed by atoms with van der Waals surface area (Å²) in [6, 6.07) is 13.9. The summed E-state index contributed by atoms with van der Waals surface area (Å²) in [6.07, 6.45) is 0. The lowest BCUT2D eigenvalue weighted by Crippen LogP contribution is -2.07. The molecule has 0 unspecified atom stereocenters. The molecule has 30 heavy (non-hydrogen) atoms. The van der Waals surface area contributed by atoms with Gasteiger partial charge in [-0.15, -0.1) is 10.2 Å². The van der Waals surface area contributed by atoms with Crippen LogP contribution in [0.25, 0.3) is 11.5 Å². The summed E-state index contributed by atoms with van der Waals surface area (Å²) in [5.74, 6) is 1.97. The lowest BCUT2D eigenvalue weighted by atomic mass is 10.1. The Bertz CT molecular complexity index is 1190. The first-order valence-electron chi connectivity index (χ1n) is 9.35. The number of nitrogens with two attached hydrogens (primary N) is 1. The summed E-state index contributed by atoms with van der Waals surface area (Å²) in [7, 11) is 0. The van der Waals surface area contributed by atoms with Gasteiger partial charge >= 0.3 is 0 Å². The summed E-state index contributed by atoms with van der Waals surface area (Å²) in [5, 5.41) is 11.9. The first kappa shape index (κ1) is 19.8. The molecule has 0 spiro atoms. The standard InChI is InChI=1S/C21H21N7OS/c1-12-8-9-15(10-14(12)3)18-27-28-21(29-18)30-11-17-24-19(22)26-20(25-17)23-16-7-5-4-6-13(16)2/h4-10H,11H2,1-3H3,(H3,22,23,24,25,26). The maximum Gasteiger partial charge on any atom is 0.277 e. The van der Waals surface area contributed by atoms with Crippen molar-refractivity contribution < 1.29 is 4.42 Å². The van der Waals surface area contributed by atoms with E-state index in [2.05, 4.69) is 44.3 Å². The molecule has 0 fully saturated rings. The molecule has 4 rings (SSSR count). The van der Waals surface area contributed by atoms with E-state index in [1.54, 1.807) is 0 Å². The number of nitrogen functional groups attached to an aromatic ring is 1. The van der Waals surface area contributed by atoms with Gasteiger partial charge in [0.1, 0.15) is 5.82 Å². The highest BCUT2D eigenvalue weighted by molar-refractivity contribution is 7.98. The van der Waals surface area contributed by atoms with E-state index in [1.807, 2.05) is 49.4 Å². The van der Waals surface area contributed by atoms with E-state index < -0.39 is 0 Å². The summed E-state index contributed by atoms with van der Waals surface area (Å²) in [5.41, 5.74) is 11.1. The van der Waals surface area contributed by atoms with Crippen molar-refractivity contribution in [3.63, 3.8) is 0 Å². The lowest BCUT2D eigenvalue weighted by molar-refractivity contribution is 0.465. The minimum absolute atomic E-state index is 0.151. The molecule has 0 bridgehead atoms. The van der Waals surface area contributed by atoms with Crippen molar-refractivity contribution in [1.29, 1.82) is 0 Å². The average Bonchev–Trinajstić information content (AvgIpc) is 3.19. The van der Waals surface area contributed by atoms with Crippen LogP contribution in [0.4, 0.5) is 17.6 Å². The smallest absolute Gasteiger partial charge is 0.277 e. The number of benzene rings is 2. The van der Waals surface area contributed by atoms with Gasteiger partial charge in [-0.2, -0.15) is 15.0 Å². The van der Waals surface area contributed by atoms with Gasteiger partial charge in [0, 0.05) is 11.3 Å². The van der Waals surface area contributed by atoms with Crippen LogP contribution in [-0.4, -0.2) is 25.1 Å². The van der Waals surface area contributed by atoms with Gasteiger partial charge in [0.25, 0.3) is 5.22 Å². The quantitative estimate of drug-likeness (QED) is 0.437. The van der Waals surface area contributed by atoms with Crippen LogP contribution in [0.5, 0.6) is 0 Å². The van der Waals surface area contributed by atoms with Gasteiger partial charge in [-0.3, -0.25) is 0 Å². The maximum atomic E-state index is 5.86. The molecule has 2 heterocycles. The first-order valence-corrected chi connectivity index (χ1v) is 10.3. The molecule has 0 radical (unpaired) electrons. The zero-order chi connectivity index (χ0) is 21.1. The maximum absolute atomic E-state index is 5.86. The van der Waals surface area contributed by atoms with Gasteiger partial charge in [0.2, 0.25) is 17.8 Å². The number of nitrogens with one attached hydrogen (secondary N) is 1. The Morgan fingerprint density at radius 3 is 2.57 bits per heavy atom. The molecule has 0 saturated heterocycles. The van der Waals surface area contributed by atoms with Crippen molar-refractivity contribution in [2.45, 2.75) is 31.7 Å². The molecular formula is C21H21N7OS. The Kier molecular flexibility index (Phi) is 5.62. The fourth-order valence-corrected chi connectivity index (χ4v) is 3.40. The van der Waals surface area contributed by atoms with E-state index in [9.17, 15) is 0 Å². The molecule has 8 nitrogen and oxygen atoms in total. The van der Waals surface area contributed by atoms with Gasteiger partial charge in [-0.25, -0.2) is 0 Å². The number of aryl methyl sites for hydroxylation is 3. The van der Waals surface area contributed by atoms with Crippen molar-refractivity contribution in [2.75, 3.05) is 11.1 Å². The number of para-hydroxylation sites is 1. The molecule has 0 atom stereocenters. The molecule has 2 aromatic heterocycles. The Balaban J connectivity index is 1.46. The number of anilines is 3. The van der Waals surface area contributed by atoms with Gasteiger partial charge < -0.3 is 15.5 Å². The van der Waals surface area contributed by atoms with E-state index in [-0.39, 0.29) is 5.95 Å². The molecule has 2 aromatic carbocycles. The highest BCUT2D eigenvalue weighted by atomic mass is 32.2. The summed E-state index contributed by atoms with van der Waals surface area (Å²) >= 11 is 1.35. The third-order valence-corrected chi connectivity index (χ3v) is 5.39. The van der Waals surface area contributed by atoms with Crippen LogP contribution in [0.1, 0.15) is 22.5 Å². The van der Waals surface area contributed by atoms with Crippen LogP contribution in [-0.2, 0) is 5.75 Å². The van der Waals surface area contributed by atoms with Gasteiger partial charge in [0.15, 0.2) is 0 Å². The highest BCUT2D eigenvalue weighted by Crippen LogP contribution is 2.26. The van der Waals surface area contributed by atoms with Gasteiger partial charge in [-0.1, -0.05) is 36.0 Å². The normalized spacial score (nSPS) is 10.9. The van der Waals surface area contributed by atoms with Crippen LogP contribution in [0, 0.1) is 20.8 Å². The molecular weight excluding hydrogens is 398 g/mol. The van der Waals surface area contributed by atoms with E-state index in [4.69, 9.17) is 10.2 Å². The average molecular weight is 420 g/mol. The van der Waals surface area contributed by atoms with Crippen LogP contribution in [0.3, 0.4) is 0 Å². The van der Waals surface area contributed by atoms with Crippen molar-refractivity contribution >= 4 is 29.3 Å². The van der Waals surface area contributed by atoms with Crippen molar-refractivity contribution in [2.24, 2.45) is 0 Å². The van der Waals surface area contributed by atoms with Crippen LogP contribution in [0.2, 0.25) is 0 Å². The van der Waals surface area contributed by atoms with E-state index in [0.717, 1.165) is 16.8 Å². The highest BCUT2D eigenvalue weighted by Gasteiger charge is 2.12. The molecule has 0 aliphatic carbocycles. The summed E-state index contributed by atoms with van der Waals surface area (Å²) < 4.78 is 5.78. The molecule has 0 saturated carbocycles. The minimum atomic E-state index is 0.151. The molecule has 0 amide bonds. The zero-order valence-corrected chi connectivity index (χ0v) is 17.7. The number of thioether (sulfide) groups is 1. The topological polar surface area (TPSA) is 116 Å². The third-order valence-electron chi connectivity index (χ3n) is 4.58. The third kappa shape index (κ3) is 4.57. The Hall–Kier alpha value is -3.46. The van der Waals surface area contributed by atoms with Crippen LogP contribution >= 0.6 is 11.8 Å². The van der Waals surface area contributed by atoms with Gasteiger partial charge in [0.05, 0.1) is 5.75 Å². The predicted molar refractivity (Wildman–Crippen MR) is 117 cm³/mol. The number of nitrogens with zero attached hydrogens (tertiary/aromatic N) is 5. The van der Waals surface area contributed by atoms with Crippen molar-refractivity contribution in [3.05, 3.63) is 65.0 Å². The number of rotatable bonds is 6. The molecule has 9 heteroatoms. The van der Waals surface area contributed by atoms with E-state index in [1.165, 1.54) is 22.9 Å². The second-order valence-electron chi connectivity index (χ2n) is 6.83. The van der Waals surface area contributed by atoms with Crippen LogP contribution in [0.15, 0.2) is 52.1 Å². The molecule has 152 valence electrons. The number of hydrogen-bond acceptors (Lipinski definition) is 9. The fraction of sp³-hybridized carbons (Fsp3) is 0.190. The van der Waals surface area contributed by atoms with Crippen molar-refractivity contribution in [1.82, 2.24) is 25.1 Å². The summed E-state index contributed by atoms with van der Waals surface area (Å²) in [4.78, 5) is 12.8. The Morgan fingerprint density at radius 2 is 1.77 bits per heavy atom. The first-order chi connectivity index (χ1) is 14.5. The second-order valence-corrected chi connectivity index (χ2v) is 7.76. The van der Waals surface area contributed by atoms with Crippen molar-refractivity contribution in [3.8, 4) is 11.5 Å². The molecule has 4 aromatic rings. The molecule has 0 aliphatic heterocycles. The van der Waals surface area contributed by atoms with E-state index >= 15 is 0 Å². The second kappa shape index (κ2) is 8.50. The minimum Gasteiger partial charge on any atom is -0.411 e. The summed E-state index contributed by atoms with van der Waals surface area (Å²) in [6.45, 7) is 6.13. The molecule has 0 aliphatic rings. The number of aromatic nitrogens is 5. The Morgan fingerprint density at radius 1 is 0.933 bits per heavy atom. The molecule has 3 N–H and O–H groups in total. The monoisotopic (exact) mass is 419 g/mol. The van der Waals surface area contributed by atoms with Gasteiger partial charge in [-0.05, 0) is 55.7 Å². The lowest BCUT2D eigenvalue weighted by Gasteiger charge is -2.09. The predicted octanol–water partition coefficient (Wildman–Crippen LogP) is 4.46. The van der Waals surface area contributed by atoms with E-state index in [0.29, 0.717) is 28.6 Å². The fourth-order valence-electron chi connectivity index (χ4n) is 2.78. The number of hydrogen-bond donors (Lipinski definition) is 2.